The zero-order valence-corrected chi connectivity index (χ0v) is 5.93. The van der Waals surface area contributed by atoms with E-state index in [2.05, 4.69) is 24.3 Å². The van der Waals surface area contributed by atoms with E-state index in [0.717, 1.165) is 0 Å². The van der Waals surface area contributed by atoms with Gasteiger partial charge in [0.2, 0.25) is 0 Å². The van der Waals surface area contributed by atoms with Crippen LogP contribution in [0.4, 0.5) is 0 Å². The third-order valence-electron chi connectivity index (χ3n) is 1.89. The van der Waals surface area contributed by atoms with Crippen LogP contribution in [0.15, 0.2) is 18.4 Å². The molecule has 1 heterocycles. The van der Waals surface area contributed by atoms with Gasteiger partial charge in [0.05, 0.1) is 0 Å². The first-order valence-electron chi connectivity index (χ1n) is 3.41. The van der Waals surface area contributed by atoms with Crippen LogP contribution in [0.2, 0.25) is 0 Å². The summed E-state index contributed by atoms with van der Waals surface area (Å²) in [5.74, 6) is 0. The highest BCUT2D eigenvalue weighted by Gasteiger charge is 2.16. The van der Waals surface area contributed by atoms with Gasteiger partial charge >= 0.3 is 0 Å². The van der Waals surface area contributed by atoms with Gasteiger partial charge in [0.1, 0.15) is 0 Å². The predicted molar refractivity (Wildman–Crippen MR) is 39.4 cm³/mol. The quantitative estimate of drug-likeness (QED) is 0.477. The Bertz CT molecular complexity index is 134. The van der Waals surface area contributed by atoms with E-state index in [4.69, 9.17) is 0 Å². The van der Waals surface area contributed by atoms with Gasteiger partial charge in [0.25, 0.3) is 0 Å². The molecule has 0 spiro atoms. The van der Waals surface area contributed by atoms with Crippen molar-refractivity contribution in [1.82, 2.24) is 4.90 Å². The molecule has 0 aromatic rings. The van der Waals surface area contributed by atoms with Crippen molar-refractivity contribution in [2.45, 2.75) is 18.9 Å². The molecule has 1 aliphatic heterocycles. The van der Waals surface area contributed by atoms with E-state index in [1.807, 2.05) is 6.08 Å². The number of hydrogen-bond donors (Lipinski definition) is 0. The standard InChI is InChI=1S/C8H13N/c1-3-5-8-6-4-7-9(8)2/h5,8H,1,4,6-7H2,2H3. The monoisotopic (exact) mass is 123 g/mol. The molecule has 0 aromatic carbocycles. The van der Waals surface area contributed by atoms with Crippen molar-refractivity contribution in [2.75, 3.05) is 13.6 Å². The molecule has 0 N–H and O–H groups in total. The minimum atomic E-state index is 0.613. The summed E-state index contributed by atoms with van der Waals surface area (Å²) in [5, 5.41) is 0. The number of nitrogens with zero attached hydrogens (tertiary/aromatic N) is 1. The lowest BCUT2D eigenvalue weighted by atomic mass is 10.2. The molecule has 1 fully saturated rings. The summed E-state index contributed by atoms with van der Waals surface area (Å²) in [6.45, 7) is 4.78. The van der Waals surface area contributed by atoms with Gasteiger partial charge in [-0.1, -0.05) is 6.58 Å². The number of likely N-dealkylation sites (N-methyl/N-ethyl adjacent to an activating group) is 1. The summed E-state index contributed by atoms with van der Waals surface area (Å²) in [5.41, 5.74) is 2.82. The summed E-state index contributed by atoms with van der Waals surface area (Å²) in [4.78, 5) is 2.33. The molecule has 1 rings (SSSR count). The van der Waals surface area contributed by atoms with Crippen molar-refractivity contribution < 1.29 is 0 Å². The minimum Gasteiger partial charge on any atom is -0.299 e. The molecular weight excluding hydrogens is 110 g/mol. The summed E-state index contributed by atoms with van der Waals surface area (Å²) in [6.07, 6.45) is 4.64. The Hall–Kier alpha value is -0.520. The van der Waals surface area contributed by atoms with Crippen LogP contribution in [0.25, 0.3) is 0 Å². The van der Waals surface area contributed by atoms with Crippen molar-refractivity contribution in [3.63, 3.8) is 0 Å². The number of hydrogen-bond acceptors (Lipinski definition) is 1. The third-order valence-corrected chi connectivity index (χ3v) is 1.89. The zero-order valence-electron chi connectivity index (χ0n) is 5.93. The third kappa shape index (κ3) is 1.44. The molecule has 9 heavy (non-hydrogen) atoms. The summed E-state index contributed by atoms with van der Waals surface area (Å²) in [6, 6.07) is 0.613. The van der Waals surface area contributed by atoms with Gasteiger partial charge in [-0.15, -0.1) is 5.73 Å². The van der Waals surface area contributed by atoms with E-state index in [0.29, 0.717) is 6.04 Å². The molecule has 0 aliphatic carbocycles. The molecule has 1 saturated heterocycles. The van der Waals surface area contributed by atoms with Crippen molar-refractivity contribution in [3.05, 3.63) is 18.4 Å². The first kappa shape index (κ1) is 6.60. The maximum absolute atomic E-state index is 3.55. The molecule has 1 unspecified atom stereocenters. The van der Waals surface area contributed by atoms with Crippen LogP contribution in [0, 0.1) is 0 Å². The average Bonchev–Trinajstić information content (AvgIpc) is 2.18. The van der Waals surface area contributed by atoms with Gasteiger partial charge in [-0.25, -0.2) is 0 Å². The molecular formula is C8H13N. The van der Waals surface area contributed by atoms with Crippen LogP contribution in [0.1, 0.15) is 12.8 Å². The zero-order chi connectivity index (χ0) is 6.69. The summed E-state index contributed by atoms with van der Waals surface area (Å²) in [7, 11) is 2.14. The Labute approximate surface area is 56.7 Å². The molecule has 1 nitrogen and oxygen atoms in total. The fraction of sp³-hybridized carbons (Fsp3) is 0.625. The van der Waals surface area contributed by atoms with Crippen molar-refractivity contribution in [3.8, 4) is 0 Å². The molecule has 0 amide bonds. The Morgan fingerprint density at radius 3 is 3.00 bits per heavy atom. The molecule has 1 aliphatic rings. The van der Waals surface area contributed by atoms with Gasteiger partial charge in [-0.2, -0.15) is 0 Å². The number of rotatable bonds is 1. The molecule has 1 atom stereocenters. The van der Waals surface area contributed by atoms with Crippen molar-refractivity contribution in [2.24, 2.45) is 0 Å². The lowest BCUT2D eigenvalue weighted by molar-refractivity contribution is 0.357. The van der Waals surface area contributed by atoms with E-state index in [1.54, 1.807) is 0 Å². The molecule has 0 bridgehead atoms. The minimum absolute atomic E-state index is 0.613. The van der Waals surface area contributed by atoms with Crippen LogP contribution < -0.4 is 0 Å². The fourth-order valence-corrected chi connectivity index (χ4v) is 1.28. The van der Waals surface area contributed by atoms with Crippen LogP contribution in [-0.2, 0) is 0 Å². The second-order valence-corrected chi connectivity index (χ2v) is 2.56. The van der Waals surface area contributed by atoms with E-state index < -0.39 is 0 Å². The maximum Gasteiger partial charge on any atom is 0.0349 e. The Morgan fingerprint density at radius 1 is 1.78 bits per heavy atom. The van der Waals surface area contributed by atoms with Crippen LogP contribution >= 0.6 is 0 Å². The Morgan fingerprint density at radius 2 is 2.56 bits per heavy atom. The SMILES string of the molecule is C=C=CC1CCCN1C. The van der Waals surface area contributed by atoms with Crippen LogP contribution in [-0.4, -0.2) is 24.5 Å². The Kier molecular flexibility index (Phi) is 2.10. The Balaban J connectivity index is 2.49. The normalized spacial score (nSPS) is 27.9. The van der Waals surface area contributed by atoms with E-state index >= 15 is 0 Å². The van der Waals surface area contributed by atoms with Gasteiger partial charge in [0, 0.05) is 6.04 Å². The van der Waals surface area contributed by atoms with Crippen molar-refractivity contribution in [1.29, 1.82) is 0 Å². The topological polar surface area (TPSA) is 3.24 Å². The molecule has 0 saturated carbocycles. The molecule has 0 radical (unpaired) electrons. The lowest BCUT2D eigenvalue weighted by Crippen LogP contribution is -2.22. The van der Waals surface area contributed by atoms with E-state index in [1.165, 1.54) is 19.4 Å². The highest BCUT2D eigenvalue weighted by atomic mass is 15.1. The lowest BCUT2D eigenvalue weighted by Gasteiger charge is -2.13. The first-order valence-corrected chi connectivity index (χ1v) is 3.41. The summed E-state index contributed by atoms with van der Waals surface area (Å²) < 4.78 is 0. The van der Waals surface area contributed by atoms with Crippen molar-refractivity contribution >= 4 is 0 Å². The smallest absolute Gasteiger partial charge is 0.0349 e. The highest BCUT2D eigenvalue weighted by Crippen LogP contribution is 2.14. The van der Waals surface area contributed by atoms with Gasteiger partial charge in [0.15, 0.2) is 0 Å². The van der Waals surface area contributed by atoms with Crippen LogP contribution in [0.3, 0.4) is 0 Å². The first-order chi connectivity index (χ1) is 4.34. The van der Waals surface area contributed by atoms with Crippen LogP contribution in [0.5, 0.6) is 0 Å². The van der Waals surface area contributed by atoms with E-state index in [9.17, 15) is 0 Å². The van der Waals surface area contributed by atoms with Gasteiger partial charge in [-0.3, -0.25) is 4.90 Å². The molecule has 50 valence electrons. The molecule has 0 aromatic heterocycles. The second-order valence-electron chi connectivity index (χ2n) is 2.56. The average molecular weight is 123 g/mol. The largest absolute Gasteiger partial charge is 0.299 e. The van der Waals surface area contributed by atoms with Gasteiger partial charge < -0.3 is 0 Å². The van der Waals surface area contributed by atoms with E-state index in [-0.39, 0.29) is 0 Å². The fourth-order valence-electron chi connectivity index (χ4n) is 1.28. The number of likely N-dealkylation sites (tertiary alicyclic amines) is 1. The maximum atomic E-state index is 3.55. The summed E-state index contributed by atoms with van der Waals surface area (Å²) >= 11 is 0. The highest BCUT2D eigenvalue weighted by molar-refractivity contribution is 4.93. The second kappa shape index (κ2) is 2.86. The predicted octanol–water partition coefficient (Wildman–Crippen LogP) is 1.42. The van der Waals surface area contributed by atoms with Gasteiger partial charge in [-0.05, 0) is 32.5 Å². The molecule has 1 heteroatoms.